The zero-order valence-electron chi connectivity index (χ0n) is 17.1. The quantitative estimate of drug-likeness (QED) is 0.504. The maximum absolute atomic E-state index is 13.0. The van der Waals surface area contributed by atoms with Crippen LogP contribution in [0.3, 0.4) is 0 Å². The van der Waals surface area contributed by atoms with E-state index in [-0.39, 0.29) is 21.5 Å². The standard InChI is InChI=1S/C23H20Cl2N2O4S/c1-14-6-7-15(12-20(14)25)27-32(29,30)16-8-9-19(24)18(13-16)23(28)26-21-10-11-31-22-5-3-2-4-17(21)22/h2-9,12-13,21,27H,10-11H2,1H3,(H,26,28). The molecule has 1 heterocycles. The zero-order chi connectivity index (χ0) is 22.9. The van der Waals surface area contributed by atoms with Crippen LogP contribution in [0.15, 0.2) is 65.6 Å². The number of carbonyl (C=O) groups is 1. The normalized spacial score (nSPS) is 15.4. The number of hydrogen-bond acceptors (Lipinski definition) is 4. The summed E-state index contributed by atoms with van der Waals surface area (Å²) in [6.07, 6.45) is 0.591. The van der Waals surface area contributed by atoms with Gasteiger partial charge in [-0.3, -0.25) is 9.52 Å². The predicted octanol–water partition coefficient (Wildman–Crippen LogP) is 5.36. The van der Waals surface area contributed by atoms with Crippen LogP contribution in [-0.2, 0) is 10.0 Å². The second-order valence-electron chi connectivity index (χ2n) is 7.41. The number of ether oxygens (including phenoxy) is 1. The average Bonchev–Trinajstić information content (AvgIpc) is 2.76. The van der Waals surface area contributed by atoms with E-state index in [9.17, 15) is 13.2 Å². The molecule has 3 aromatic carbocycles. The summed E-state index contributed by atoms with van der Waals surface area (Å²) in [5, 5.41) is 3.53. The fourth-order valence-corrected chi connectivity index (χ4v) is 4.90. The van der Waals surface area contributed by atoms with E-state index in [1.165, 1.54) is 24.3 Å². The van der Waals surface area contributed by atoms with Crippen molar-refractivity contribution in [2.75, 3.05) is 11.3 Å². The lowest BCUT2D eigenvalue weighted by molar-refractivity contribution is 0.0924. The summed E-state index contributed by atoms with van der Waals surface area (Å²) >= 11 is 12.3. The Labute approximate surface area is 196 Å². The van der Waals surface area contributed by atoms with Crippen molar-refractivity contribution in [2.45, 2.75) is 24.3 Å². The molecule has 1 atom stereocenters. The molecule has 0 saturated carbocycles. The van der Waals surface area contributed by atoms with Crippen LogP contribution in [0.1, 0.15) is 33.9 Å². The first-order chi connectivity index (χ1) is 15.2. The Kier molecular flexibility index (Phi) is 6.33. The minimum atomic E-state index is -3.96. The van der Waals surface area contributed by atoms with E-state index in [1.807, 2.05) is 31.2 Å². The van der Waals surface area contributed by atoms with Gasteiger partial charge in [-0.15, -0.1) is 0 Å². The molecule has 2 N–H and O–H groups in total. The molecule has 0 fully saturated rings. The van der Waals surface area contributed by atoms with Crippen LogP contribution in [0.2, 0.25) is 10.0 Å². The van der Waals surface area contributed by atoms with Gasteiger partial charge in [0.1, 0.15) is 5.75 Å². The Morgan fingerprint density at radius 2 is 1.81 bits per heavy atom. The number of para-hydroxylation sites is 1. The maximum atomic E-state index is 13.0. The molecule has 1 aliphatic rings. The lowest BCUT2D eigenvalue weighted by atomic mass is 10.00. The van der Waals surface area contributed by atoms with E-state index in [1.54, 1.807) is 12.1 Å². The van der Waals surface area contributed by atoms with Crippen molar-refractivity contribution < 1.29 is 17.9 Å². The molecule has 0 bridgehead atoms. The topological polar surface area (TPSA) is 84.5 Å². The first-order valence-corrected chi connectivity index (χ1v) is 12.1. The number of fused-ring (bicyclic) bond motifs is 1. The molecule has 0 aliphatic carbocycles. The predicted molar refractivity (Wildman–Crippen MR) is 125 cm³/mol. The van der Waals surface area contributed by atoms with Crippen LogP contribution in [0, 0.1) is 6.92 Å². The summed E-state index contributed by atoms with van der Waals surface area (Å²) in [5.41, 5.74) is 2.08. The molecule has 0 spiro atoms. The number of aryl methyl sites for hydroxylation is 1. The first-order valence-electron chi connectivity index (χ1n) is 9.86. The Hall–Kier alpha value is -2.74. The number of sulfonamides is 1. The summed E-state index contributed by atoms with van der Waals surface area (Å²) in [7, 11) is -3.96. The number of halogens is 2. The van der Waals surface area contributed by atoms with E-state index in [0.29, 0.717) is 29.5 Å². The molecule has 0 radical (unpaired) electrons. The van der Waals surface area contributed by atoms with Gasteiger partial charge in [0.15, 0.2) is 0 Å². The van der Waals surface area contributed by atoms with Gasteiger partial charge in [-0.05, 0) is 48.9 Å². The minimum Gasteiger partial charge on any atom is -0.493 e. The van der Waals surface area contributed by atoms with Gasteiger partial charge in [0.2, 0.25) is 0 Å². The highest BCUT2D eigenvalue weighted by molar-refractivity contribution is 7.92. The summed E-state index contributed by atoms with van der Waals surface area (Å²) in [6, 6.07) is 16.1. The molecule has 0 saturated heterocycles. The Morgan fingerprint density at radius 3 is 2.59 bits per heavy atom. The van der Waals surface area contributed by atoms with Crippen molar-refractivity contribution in [1.82, 2.24) is 5.32 Å². The van der Waals surface area contributed by atoms with Crippen LogP contribution in [-0.4, -0.2) is 20.9 Å². The van der Waals surface area contributed by atoms with Crippen molar-refractivity contribution in [2.24, 2.45) is 0 Å². The average molecular weight is 491 g/mol. The van der Waals surface area contributed by atoms with E-state index < -0.39 is 15.9 Å². The molecule has 9 heteroatoms. The zero-order valence-corrected chi connectivity index (χ0v) is 19.4. The molecule has 1 unspecified atom stereocenters. The van der Waals surface area contributed by atoms with Crippen LogP contribution in [0.4, 0.5) is 5.69 Å². The fraction of sp³-hybridized carbons (Fsp3) is 0.174. The van der Waals surface area contributed by atoms with Gasteiger partial charge >= 0.3 is 0 Å². The van der Waals surface area contributed by atoms with Gasteiger partial charge in [0, 0.05) is 17.0 Å². The van der Waals surface area contributed by atoms with Crippen LogP contribution in [0.5, 0.6) is 5.75 Å². The number of nitrogens with one attached hydrogen (secondary N) is 2. The molecular formula is C23H20Cl2N2O4S. The highest BCUT2D eigenvalue weighted by Crippen LogP contribution is 2.32. The van der Waals surface area contributed by atoms with Gasteiger partial charge in [-0.25, -0.2) is 8.42 Å². The van der Waals surface area contributed by atoms with E-state index in [4.69, 9.17) is 27.9 Å². The van der Waals surface area contributed by atoms with E-state index >= 15 is 0 Å². The van der Waals surface area contributed by atoms with Crippen molar-refractivity contribution in [3.8, 4) is 5.75 Å². The Balaban J connectivity index is 1.58. The summed E-state index contributed by atoms with van der Waals surface area (Å²) in [6.45, 7) is 2.29. The third-order valence-electron chi connectivity index (χ3n) is 5.18. The van der Waals surface area contributed by atoms with Gasteiger partial charge in [0.05, 0.1) is 33.8 Å². The summed E-state index contributed by atoms with van der Waals surface area (Å²) in [5.74, 6) is 0.250. The van der Waals surface area contributed by atoms with Gasteiger partial charge in [0.25, 0.3) is 15.9 Å². The van der Waals surface area contributed by atoms with Crippen LogP contribution < -0.4 is 14.8 Å². The fourth-order valence-electron chi connectivity index (χ4n) is 3.44. The van der Waals surface area contributed by atoms with E-state index in [0.717, 1.165) is 11.1 Å². The molecule has 166 valence electrons. The Morgan fingerprint density at radius 1 is 1.03 bits per heavy atom. The van der Waals surface area contributed by atoms with Gasteiger partial charge < -0.3 is 10.1 Å². The van der Waals surface area contributed by atoms with Crippen molar-refractivity contribution in [3.63, 3.8) is 0 Å². The monoisotopic (exact) mass is 490 g/mol. The molecule has 0 aromatic heterocycles. The second kappa shape index (κ2) is 9.02. The summed E-state index contributed by atoms with van der Waals surface area (Å²) < 4.78 is 33.9. The summed E-state index contributed by atoms with van der Waals surface area (Å²) in [4.78, 5) is 12.9. The SMILES string of the molecule is Cc1ccc(NS(=O)(=O)c2ccc(Cl)c(C(=O)NC3CCOc4ccccc43)c2)cc1Cl. The number of hydrogen-bond donors (Lipinski definition) is 2. The third-order valence-corrected chi connectivity index (χ3v) is 7.30. The number of benzene rings is 3. The molecule has 6 nitrogen and oxygen atoms in total. The molecule has 32 heavy (non-hydrogen) atoms. The van der Waals surface area contributed by atoms with E-state index in [2.05, 4.69) is 10.0 Å². The molecule has 1 aliphatic heterocycles. The lowest BCUT2D eigenvalue weighted by Gasteiger charge is -2.26. The van der Waals surface area contributed by atoms with Crippen molar-refractivity contribution >= 4 is 44.8 Å². The maximum Gasteiger partial charge on any atom is 0.261 e. The molecular weight excluding hydrogens is 471 g/mol. The number of anilines is 1. The number of carbonyl (C=O) groups excluding carboxylic acids is 1. The lowest BCUT2D eigenvalue weighted by Crippen LogP contribution is -2.32. The number of amides is 1. The van der Waals surface area contributed by atoms with Crippen LogP contribution >= 0.6 is 23.2 Å². The smallest absolute Gasteiger partial charge is 0.261 e. The highest BCUT2D eigenvalue weighted by Gasteiger charge is 2.25. The first kappa shape index (κ1) is 22.5. The third kappa shape index (κ3) is 4.70. The molecule has 1 amide bonds. The van der Waals surface area contributed by atoms with Crippen molar-refractivity contribution in [3.05, 3.63) is 87.4 Å². The Bertz CT molecular complexity index is 1290. The largest absolute Gasteiger partial charge is 0.493 e. The van der Waals surface area contributed by atoms with Gasteiger partial charge in [-0.1, -0.05) is 47.5 Å². The highest BCUT2D eigenvalue weighted by atomic mass is 35.5. The molecule has 4 rings (SSSR count). The minimum absolute atomic E-state index is 0.0699. The molecule has 3 aromatic rings. The number of rotatable bonds is 5. The van der Waals surface area contributed by atoms with Crippen molar-refractivity contribution in [1.29, 1.82) is 0 Å². The van der Waals surface area contributed by atoms with Gasteiger partial charge in [-0.2, -0.15) is 0 Å². The van der Waals surface area contributed by atoms with Crippen LogP contribution in [0.25, 0.3) is 0 Å². The second-order valence-corrected chi connectivity index (χ2v) is 9.91.